The lowest BCUT2D eigenvalue weighted by Gasteiger charge is -2.07. The van der Waals surface area contributed by atoms with Gasteiger partial charge in [-0.2, -0.15) is 5.10 Å². The first kappa shape index (κ1) is 19.5. The Hall–Kier alpha value is -1.86. The lowest BCUT2D eigenvalue weighted by Crippen LogP contribution is -2.19. The summed E-state index contributed by atoms with van der Waals surface area (Å²) in [6.45, 7) is 2.83. The molecule has 0 spiro atoms. The molecule has 2 aromatic rings. The van der Waals surface area contributed by atoms with Crippen molar-refractivity contribution in [3.05, 3.63) is 56.5 Å². The first-order chi connectivity index (χ1) is 12.0. The molecule has 5 nitrogen and oxygen atoms in total. The fraction of sp³-hybridized carbons (Fsp3) is 0.222. The fourth-order valence-electron chi connectivity index (χ4n) is 1.98. The Morgan fingerprint density at radius 3 is 2.68 bits per heavy atom. The minimum absolute atomic E-state index is 0.345. The van der Waals surface area contributed by atoms with Crippen molar-refractivity contribution in [1.29, 1.82) is 0 Å². The van der Waals surface area contributed by atoms with Crippen LogP contribution >= 0.6 is 31.9 Å². The normalized spacial score (nSPS) is 10.8. The number of hydrogen-bond donors (Lipinski definition) is 2. The highest BCUT2D eigenvalue weighted by Crippen LogP contribution is 2.28. The van der Waals surface area contributed by atoms with Gasteiger partial charge in [0, 0.05) is 8.95 Å². The smallest absolute Gasteiger partial charge is 0.273 e. The molecule has 3 N–H and O–H groups in total. The number of nitrogens with zero attached hydrogens (tertiary/aromatic N) is 1. The van der Waals surface area contributed by atoms with Gasteiger partial charge in [0.15, 0.2) is 0 Å². The summed E-state index contributed by atoms with van der Waals surface area (Å²) in [5, 5.41) is 3.97. The number of anilines is 1. The molecule has 0 unspecified atom stereocenters. The topological polar surface area (TPSA) is 76.7 Å². The van der Waals surface area contributed by atoms with Crippen molar-refractivity contribution in [2.24, 2.45) is 5.10 Å². The number of carbonyl (C=O) groups is 1. The number of nitrogen functional groups attached to an aromatic ring is 1. The number of halogens is 2. The molecule has 0 bridgehead atoms. The molecule has 0 saturated heterocycles. The second-order valence-electron chi connectivity index (χ2n) is 5.32. The van der Waals surface area contributed by atoms with Crippen LogP contribution in [0.25, 0.3) is 0 Å². The van der Waals surface area contributed by atoms with Crippen LogP contribution in [0.4, 0.5) is 5.69 Å². The maximum Gasteiger partial charge on any atom is 0.273 e. The Morgan fingerprint density at radius 2 is 2.00 bits per heavy atom. The highest BCUT2D eigenvalue weighted by Gasteiger charge is 2.12. The molecule has 0 atom stereocenters. The predicted molar refractivity (Wildman–Crippen MR) is 108 cm³/mol. The van der Waals surface area contributed by atoms with E-state index < -0.39 is 0 Å². The number of hydrazone groups is 1. The van der Waals surface area contributed by atoms with Crippen molar-refractivity contribution in [3.63, 3.8) is 0 Å². The Kier molecular flexibility index (Phi) is 7.46. The van der Waals surface area contributed by atoms with Gasteiger partial charge in [0.25, 0.3) is 5.91 Å². The van der Waals surface area contributed by atoms with Crippen molar-refractivity contribution < 1.29 is 9.53 Å². The highest BCUT2D eigenvalue weighted by atomic mass is 79.9. The number of nitrogens with one attached hydrogen (secondary N) is 1. The molecule has 0 fully saturated rings. The van der Waals surface area contributed by atoms with Crippen LogP contribution in [0.3, 0.4) is 0 Å². The fourth-order valence-corrected chi connectivity index (χ4v) is 3.21. The Labute approximate surface area is 163 Å². The number of unbranched alkanes of at least 4 members (excludes halogenated alkanes) is 1. The monoisotopic (exact) mass is 467 g/mol. The number of carbonyl (C=O) groups excluding carboxylic acids is 1. The van der Waals surface area contributed by atoms with Crippen molar-refractivity contribution >= 4 is 49.7 Å². The lowest BCUT2D eigenvalue weighted by atomic mass is 10.2. The molecule has 0 aliphatic rings. The molecule has 0 radical (unpaired) electrons. The number of amides is 1. The van der Waals surface area contributed by atoms with E-state index >= 15 is 0 Å². The van der Waals surface area contributed by atoms with E-state index in [4.69, 9.17) is 10.5 Å². The second-order valence-corrected chi connectivity index (χ2v) is 7.09. The van der Waals surface area contributed by atoms with Gasteiger partial charge in [-0.3, -0.25) is 4.79 Å². The summed E-state index contributed by atoms with van der Waals surface area (Å²) in [5.74, 6) is 0.441. The van der Waals surface area contributed by atoms with Gasteiger partial charge in [0.2, 0.25) is 0 Å². The van der Waals surface area contributed by atoms with E-state index in [-0.39, 0.29) is 5.91 Å². The standard InChI is InChI=1S/C18H19Br2N3O2/c1-2-3-8-25-14-6-4-12(5-7-14)11-22-23-18(24)15-9-13(19)10-16(20)17(15)21/h4-7,9-11H,2-3,8,21H2,1H3,(H,23,24). The molecule has 2 rings (SSSR count). The number of nitrogens with two attached hydrogens (primary N) is 1. The largest absolute Gasteiger partial charge is 0.494 e. The van der Waals surface area contributed by atoms with Crippen LogP contribution < -0.4 is 15.9 Å². The minimum atomic E-state index is -0.379. The minimum Gasteiger partial charge on any atom is -0.494 e. The molecule has 7 heteroatoms. The van der Waals surface area contributed by atoms with Crippen LogP contribution in [0.1, 0.15) is 35.7 Å². The molecule has 0 aliphatic carbocycles. The van der Waals surface area contributed by atoms with Gasteiger partial charge < -0.3 is 10.5 Å². The van der Waals surface area contributed by atoms with Crippen LogP contribution in [-0.4, -0.2) is 18.7 Å². The quantitative estimate of drug-likeness (QED) is 0.266. The average molecular weight is 469 g/mol. The highest BCUT2D eigenvalue weighted by molar-refractivity contribution is 9.11. The molecule has 25 heavy (non-hydrogen) atoms. The predicted octanol–water partition coefficient (Wildman–Crippen LogP) is 4.74. The number of ether oxygens (including phenoxy) is 1. The van der Waals surface area contributed by atoms with E-state index in [9.17, 15) is 4.79 Å². The molecule has 0 aromatic heterocycles. The first-order valence-electron chi connectivity index (χ1n) is 7.82. The Morgan fingerprint density at radius 1 is 1.28 bits per heavy atom. The molecule has 0 heterocycles. The lowest BCUT2D eigenvalue weighted by molar-refractivity contribution is 0.0956. The maximum atomic E-state index is 12.2. The van der Waals surface area contributed by atoms with Crippen LogP contribution in [0, 0.1) is 0 Å². The van der Waals surface area contributed by atoms with E-state index in [0.717, 1.165) is 28.6 Å². The molecular weight excluding hydrogens is 450 g/mol. The van der Waals surface area contributed by atoms with Gasteiger partial charge in [-0.05, 0) is 64.3 Å². The van der Waals surface area contributed by atoms with Crippen molar-refractivity contribution in [1.82, 2.24) is 5.43 Å². The third-order valence-electron chi connectivity index (χ3n) is 3.37. The van der Waals surface area contributed by atoms with Gasteiger partial charge in [0.1, 0.15) is 5.75 Å². The summed E-state index contributed by atoms with van der Waals surface area (Å²) < 4.78 is 7.00. The average Bonchev–Trinajstić information content (AvgIpc) is 2.59. The summed E-state index contributed by atoms with van der Waals surface area (Å²) in [6, 6.07) is 10.9. The molecule has 0 aliphatic heterocycles. The van der Waals surface area contributed by atoms with Crippen LogP contribution in [0.2, 0.25) is 0 Å². The van der Waals surface area contributed by atoms with Gasteiger partial charge in [0.05, 0.1) is 24.1 Å². The summed E-state index contributed by atoms with van der Waals surface area (Å²) in [7, 11) is 0. The van der Waals surface area contributed by atoms with E-state index in [1.807, 2.05) is 24.3 Å². The van der Waals surface area contributed by atoms with Crippen LogP contribution in [0.5, 0.6) is 5.75 Å². The zero-order valence-corrected chi connectivity index (χ0v) is 16.9. The van der Waals surface area contributed by atoms with Gasteiger partial charge in [-0.1, -0.05) is 29.3 Å². The third kappa shape index (κ3) is 5.86. The molecular formula is C18H19Br2N3O2. The molecule has 1 amide bonds. The van der Waals surface area contributed by atoms with Crippen molar-refractivity contribution in [3.8, 4) is 5.75 Å². The summed E-state index contributed by atoms with van der Waals surface area (Å²) in [4.78, 5) is 12.2. The molecule has 132 valence electrons. The molecule has 0 saturated carbocycles. The van der Waals surface area contributed by atoms with Crippen LogP contribution in [-0.2, 0) is 0 Å². The van der Waals surface area contributed by atoms with E-state index in [1.165, 1.54) is 0 Å². The van der Waals surface area contributed by atoms with Gasteiger partial charge in [-0.15, -0.1) is 0 Å². The zero-order valence-electron chi connectivity index (χ0n) is 13.8. The van der Waals surface area contributed by atoms with E-state index in [1.54, 1.807) is 18.3 Å². The van der Waals surface area contributed by atoms with E-state index in [0.29, 0.717) is 22.3 Å². The zero-order chi connectivity index (χ0) is 18.2. The third-order valence-corrected chi connectivity index (χ3v) is 4.48. The Bertz CT molecular complexity index is 762. The van der Waals surface area contributed by atoms with Crippen LogP contribution in [0.15, 0.2) is 50.4 Å². The maximum absolute atomic E-state index is 12.2. The summed E-state index contributed by atoms with van der Waals surface area (Å²) >= 11 is 6.65. The van der Waals surface area contributed by atoms with E-state index in [2.05, 4.69) is 49.3 Å². The second kappa shape index (κ2) is 9.58. The van der Waals surface area contributed by atoms with Gasteiger partial charge in [-0.25, -0.2) is 5.43 Å². The first-order valence-corrected chi connectivity index (χ1v) is 9.40. The SMILES string of the molecule is CCCCOc1ccc(C=NNC(=O)c2cc(Br)cc(Br)c2N)cc1. The van der Waals surface area contributed by atoms with Crippen molar-refractivity contribution in [2.75, 3.05) is 12.3 Å². The van der Waals surface area contributed by atoms with Gasteiger partial charge >= 0.3 is 0 Å². The number of hydrogen-bond acceptors (Lipinski definition) is 4. The summed E-state index contributed by atoms with van der Waals surface area (Å²) in [6.07, 6.45) is 3.70. The number of benzene rings is 2. The molecule has 2 aromatic carbocycles. The number of rotatable bonds is 7. The summed E-state index contributed by atoms with van der Waals surface area (Å²) in [5.41, 5.74) is 9.95. The van der Waals surface area contributed by atoms with Crippen molar-refractivity contribution in [2.45, 2.75) is 19.8 Å². The Balaban J connectivity index is 1.95.